The van der Waals surface area contributed by atoms with Crippen LogP contribution in [-0.4, -0.2) is 91.3 Å². The summed E-state index contributed by atoms with van der Waals surface area (Å²) in [5.74, 6) is 0.667. The molecule has 0 aliphatic carbocycles. The summed E-state index contributed by atoms with van der Waals surface area (Å²) in [6, 6.07) is 6.72. The minimum atomic E-state index is -0.673. The first-order valence-corrected chi connectivity index (χ1v) is 14.8. The summed E-state index contributed by atoms with van der Waals surface area (Å²) in [5, 5.41) is 15.3. The number of hydrogen-bond acceptors (Lipinski definition) is 13. The minimum absolute atomic E-state index is 0.00903. The van der Waals surface area contributed by atoms with Gasteiger partial charge in [-0.25, -0.2) is 20.3 Å². The Hall–Kier alpha value is -4.42. The van der Waals surface area contributed by atoms with Gasteiger partial charge in [0.05, 0.1) is 18.8 Å². The Kier molecular flexibility index (Phi) is 13.8. The van der Waals surface area contributed by atoms with Gasteiger partial charge in [0.2, 0.25) is 0 Å². The molecule has 2 aromatic heterocycles. The average molecular weight is 632 g/mol. The summed E-state index contributed by atoms with van der Waals surface area (Å²) >= 11 is 0. The second-order valence-electron chi connectivity index (χ2n) is 11.1. The van der Waals surface area contributed by atoms with Crippen molar-refractivity contribution in [1.29, 1.82) is 5.26 Å². The molecule has 0 bridgehead atoms. The van der Waals surface area contributed by atoms with E-state index in [-0.39, 0.29) is 50.5 Å². The normalized spacial score (nSPS) is 13.3. The highest BCUT2D eigenvalue weighted by atomic mass is 19.2. The van der Waals surface area contributed by atoms with Crippen molar-refractivity contribution in [2.24, 2.45) is 0 Å². The van der Waals surface area contributed by atoms with E-state index in [1.54, 1.807) is 38.4 Å². The average Bonchev–Trinajstić information content (AvgIpc) is 3.01. The molecule has 2 aromatic rings. The largest absolute Gasteiger partial charge is 0.487 e. The van der Waals surface area contributed by atoms with E-state index in [0.29, 0.717) is 49.1 Å². The first-order chi connectivity index (χ1) is 21.6. The maximum atomic E-state index is 13.8. The Morgan fingerprint density at radius 3 is 2.56 bits per heavy atom. The van der Waals surface area contributed by atoms with Crippen molar-refractivity contribution < 1.29 is 37.8 Å². The molecular weight excluding hydrogens is 589 g/mol. The fourth-order valence-corrected chi connectivity index (χ4v) is 4.13. The summed E-state index contributed by atoms with van der Waals surface area (Å²) in [4.78, 5) is 34.7. The number of nitrogens with zero attached hydrogens (tertiary/aromatic N) is 4. The number of nitriles is 1. The molecular formula is C30H42FN7O7. The molecule has 0 aromatic carbocycles. The molecule has 0 radical (unpaired) electrons. The zero-order chi connectivity index (χ0) is 32.7. The van der Waals surface area contributed by atoms with E-state index in [1.807, 2.05) is 13.0 Å². The van der Waals surface area contributed by atoms with E-state index in [9.17, 15) is 14.1 Å². The van der Waals surface area contributed by atoms with E-state index in [2.05, 4.69) is 20.6 Å². The third kappa shape index (κ3) is 12.2. The van der Waals surface area contributed by atoms with E-state index >= 15 is 0 Å². The van der Waals surface area contributed by atoms with Crippen molar-refractivity contribution in [2.75, 3.05) is 68.9 Å². The van der Waals surface area contributed by atoms with Gasteiger partial charge in [-0.3, -0.25) is 9.69 Å². The molecule has 3 rings (SSSR count). The van der Waals surface area contributed by atoms with Crippen molar-refractivity contribution in [3.63, 3.8) is 0 Å². The van der Waals surface area contributed by atoms with Crippen LogP contribution in [0.4, 0.5) is 32.4 Å². The topological polar surface area (TPSA) is 169 Å². The zero-order valence-electron chi connectivity index (χ0n) is 26.2. The highest BCUT2D eigenvalue weighted by Crippen LogP contribution is 2.34. The minimum Gasteiger partial charge on any atom is -0.487 e. The van der Waals surface area contributed by atoms with Crippen LogP contribution in [-0.2, 0) is 23.7 Å². The van der Waals surface area contributed by atoms with Crippen molar-refractivity contribution in [2.45, 2.75) is 58.6 Å². The molecule has 3 N–H and O–H groups in total. The molecule has 15 heteroatoms. The van der Waals surface area contributed by atoms with Crippen LogP contribution in [0.3, 0.4) is 0 Å². The van der Waals surface area contributed by atoms with Crippen LogP contribution < -0.4 is 20.9 Å². The van der Waals surface area contributed by atoms with Gasteiger partial charge in [0.15, 0.2) is 17.4 Å². The molecule has 246 valence electrons. The van der Waals surface area contributed by atoms with Gasteiger partial charge in [-0.05, 0) is 52.2 Å². The lowest BCUT2D eigenvalue weighted by atomic mass is 10.1. The van der Waals surface area contributed by atoms with Crippen molar-refractivity contribution in [3.8, 4) is 11.8 Å². The lowest BCUT2D eigenvalue weighted by Crippen LogP contribution is -2.40. The quantitative estimate of drug-likeness (QED) is 0.134. The number of hydrogen-bond donors (Lipinski definition) is 3. The van der Waals surface area contributed by atoms with E-state index in [1.165, 1.54) is 17.2 Å². The van der Waals surface area contributed by atoms with Gasteiger partial charge in [0.25, 0.3) is 0 Å². The Bertz CT molecular complexity index is 1280. The number of carbonyl (C=O) groups excluding carboxylic acids is 2. The van der Waals surface area contributed by atoms with Crippen LogP contribution in [0.2, 0.25) is 0 Å². The highest BCUT2D eigenvalue weighted by molar-refractivity contribution is 5.78. The van der Waals surface area contributed by atoms with Gasteiger partial charge in [-0.15, -0.1) is 4.48 Å². The number of halogens is 1. The molecule has 14 nitrogen and oxygen atoms in total. The van der Waals surface area contributed by atoms with Gasteiger partial charge < -0.3 is 34.3 Å². The van der Waals surface area contributed by atoms with Crippen LogP contribution in [0.15, 0.2) is 24.4 Å². The fraction of sp³-hybridized carbons (Fsp3) is 0.567. The lowest BCUT2D eigenvalue weighted by molar-refractivity contribution is -0.146. The number of rotatable bonds is 16. The number of carbonyl (C=O) groups is 2. The van der Waals surface area contributed by atoms with Gasteiger partial charge in [0.1, 0.15) is 42.9 Å². The van der Waals surface area contributed by atoms with Crippen LogP contribution in [0.25, 0.3) is 0 Å². The molecule has 1 saturated heterocycles. The van der Waals surface area contributed by atoms with Gasteiger partial charge >= 0.3 is 12.1 Å². The number of esters is 1. The summed E-state index contributed by atoms with van der Waals surface area (Å²) in [6.07, 6.45) is 3.01. The Morgan fingerprint density at radius 2 is 1.91 bits per heavy atom. The molecule has 0 unspecified atom stereocenters. The number of nitrogens with one attached hydrogen (secondary N) is 3. The van der Waals surface area contributed by atoms with E-state index < -0.39 is 17.7 Å². The number of anilines is 4. The van der Waals surface area contributed by atoms with Crippen molar-refractivity contribution in [3.05, 3.63) is 30.0 Å². The van der Waals surface area contributed by atoms with Crippen LogP contribution >= 0.6 is 0 Å². The number of pyridine rings is 2. The van der Waals surface area contributed by atoms with Gasteiger partial charge in [-0.2, -0.15) is 5.26 Å². The Morgan fingerprint density at radius 1 is 1.16 bits per heavy atom. The third-order valence-corrected chi connectivity index (χ3v) is 6.23. The van der Waals surface area contributed by atoms with Crippen LogP contribution in [0.5, 0.6) is 5.75 Å². The van der Waals surface area contributed by atoms with Crippen LogP contribution in [0.1, 0.15) is 52.5 Å². The maximum Gasteiger partial charge on any atom is 0.410 e. The molecule has 45 heavy (non-hydrogen) atoms. The molecule has 1 aliphatic heterocycles. The predicted octanol–water partition coefficient (Wildman–Crippen LogP) is 4.56. The maximum absolute atomic E-state index is 13.8. The van der Waals surface area contributed by atoms with E-state index in [4.69, 9.17) is 28.9 Å². The SMILES string of the molecule is CCCN(CC(=O)OCCOCCOc1cc(NF)c(Nc2ccc(C#N)cn2)nc1NC1CCOCC1)C(=O)OC(C)(C)C. The number of amides is 1. The first kappa shape index (κ1) is 35.1. The molecule has 3 heterocycles. The summed E-state index contributed by atoms with van der Waals surface area (Å²) < 4.78 is 41.3. The van der Waals surface area contributed by atoms with Crippen LogP contribution in [0, 0.1) is 11.3 Å². The number of aromatic nitrogens is 2. The Labute approximate surface area is 262 Å². The molecule has 0 atom stereocenters. The molecule has 1 aliphatic rings. The fourth-order valence-electron chi connectivity index (χ4n) is 4.13. The summed E-state index contributed by atoms with van der Waals surface area (Å²) in [5.41, 5.74) is 1.37. The highest BCUT2D eigenvalue weighted by Gasteiger charge is 2.24. The second-order valence-corrected chi connectivity index (χ2v) is 11.1. The molecule has 1 amide bonds. The molecule has 1 fully saturated rings. The predicted molar refractivity (Wildman–Crippen MR) is 164 cm³/mol. The van der Waals surface area contributed by atoms with Gasteiger partial charge in [-0.1, -0.05) is 6.92 Å². The monoisotopic (exact) mass is 631 g/mol. The smallest absolute Gasteiger partial charge is 0.410 e. The van der Waals surface area contributed by atoms with Crippen molar-refractivity contribution >= 4 is 35.2 Å². The first-order valence-electron chi connectivity index (χ1n) is 14.8. The summed E-state index contributed by atoms with van der Waals surface area (Å²) in [7, 11) is 0. The van der Waals surface area contributed by atoms with Gasteiger partial charge in [0, 0.05) is 38.1 Å². The Balaban J connectivity index is 1.53. The number of ether oxygens (including phenoxy) is 5. The lowest BCUT2D eigenvalue weighted by Gasteiger charge is -2.26. The summed E-state index contributed by atoms with van der Waals surface area (Å²) in [6.45, 7) is 8.88. The van der Waals surface area contributed by atoms with E-state index in [0.717, 1.165) is 12.8 Å². The second kappa shape index (κ2) is 17.8. The standard InChI is InChI=1S/C30H42FN7O7/c1-5-10-38(29(40)45-30(2,3)4)20-26(39)44-16-14-42-13-15-43-24-17-23(37-31)27(35-25-7-6-21(18-32)19-33-25)36-28(24)34-22-8-11-41-12-9-22/h6-7,17,19,22,37H,5,8-16,20H2,1-4H3,(H2,33,34,35,36). The van der Waals surface area contributed by atoms with Crippen molar-refractivity contribution in [1.82, 2.24) is 14.9 Å². The third-order valence-electron chi connectivity index (χ3n) is 6.23. The zero-order valence-corrected chi connectivity index (χ0v) is 26.2. The molecule has 0 saturated carbocycles. The molecule has 0 spiro atoms.